The number of rotatable bonds is 8. The first-order valence-electron chi connectivity index (χ1n) is 26.6. The number of nitrogens with zero attached hydrogens (tertiary/aromatic N) is 3. The summed E-state index contributed by atoms with van der Waals surface area (Å²) in [6.45, 7) is 10.1. The van der Waals surface area contributed by atoms with Crippen molar-refractivity contribution in [3.8, 4) is 84.2 Å². The van der Waals surface area contributed by atoms with E-state index in [0.717, 1.165) is 128 Å². The minimum absolute atomic E-state index is 0.109. The van der Waals surface area contributed by atoms with Crippen molar-refractivity contribution in [2.24, 2.45) is 0 Å². The molecule has 0 aliphatic heterocycles. The van der Waals surface area contributed by atoms with Crippen LogP contribution in [0.1, 0.15) is 38.9 Å². The molecule has 11 aromatic carbocycles. The summed E-state index contributed by atoms with van der Waals surface area (Å²) in [6, 6.07) is 78.7. The number of nitriles is 1. The maximum atomic E-state index is 15.3. The maximum Gasteiger partial charge on any atom is 0.417 e. The normalized spacial score (nSPS) is 11.8. The smallest absolute Gasteiger partial charge is 0.309 e. The fraction of sp³-hybridized carbons (Fsp3) is 0.0822. The van der Waals surface area contributed by atoms with Crippen LogP contribution in [0.2, 0.25) is 0 Å². The number of benzene rings is 11. The van der Waals surface area contributed by atoms with Crippen LogP contribution in [0.3, 0.4) is 0 Å². The lowest BCUT2D eigenvalue weighted by Gasteiger charge is -2.21. The average Bonchev–Trinajstić information content (AvgIpc) is 4.09. The second-order valence-electron chi connectivity index (χ2n) is 21.1. The number of hydrogen-bond acceptors (Lipinski definition) is 1. The third-order valence-corrected chi connectivity index (χ3v) is 15.7. The van der Waals surface area contributed by atoms with Crippen molar-refractivity contribution in [2.45, 2.75) is 40.8 Å². The van der Waals surface area contributed by atoms with E-state index in [4.69, 9.17) is 0 Å². The molecular formula is C73H52F3N3. The fourth-order valence-corrected chi connectivity index (χ4v) is 12.0. The zero-order valence-electron chi connectivity index (χ0n) is 44.3. The van der Waals surface area contributed by atoms with Crippen LogP contribution in [-0.2, 0) is 6.18 Å². The standard InChI is InChI=1S/C73H52F3N3/c1-44-11-6-16-50(33-44)54-22-28-67-60(38-54)61-39-55(51-17-7-12-45(2)34-51)23-29-68(61)78(67)66-27-21-49(43-77)37-59(66)64-42-58(72-48(5)15-10-20-65(72)73(74,75)76)26-32-71(64)79-69-30-24-56(52-18-8-13-46(3)35-52)40-62(69)63-41-57(25-31-70(63)79)53-19-9-14-47(4)36-53/h6-42H,1-5H3. The van der Waals surface area contributed by atoms with Crippen LogP contribution < -0.4 is 0 Å². The largest absolute Gasteiger partial charge is 0.417 e. The summed E-state index contributed by atoms with van der Waals surface area (Å²) in [5.74, 6) is 0. The third kappa shape index (κ3) is 8.65. The van der Waals surface area contributed by atoms with Crippen LogP contribution in [-0.4, -0.2) is 9.13 Å². The molecule has 3 nitrogen and oxygen atoms in total. The van der Waals surface area contributed by atoms with E-state index < -0.39 is 11.7 Å². The van der Waals surface area contributed by atoms with E-state index in [9.17, 15) is 5.26 Å². The van der Waals surface area contributed by atoms with Crippen molar-refractivity contribution >= 4 is 43.6 Å². The lowest BCUT2D eigenvalue weighted by molar-refractivity contribution is -0.137. The Labute approximate surface area is 457 Å². The van der Waals surface area contributed by atoms with Gasteiger partial charge in [-0.1, -0.05) is 162 Å². The van der Waals surface area contributed by atoms with E-state index in [1.54, 1.807) is 13.0 Å². The van der Waals surface area contributed by atoms with Gasteiger partial charge in [-0.15, -0.1) is 0 Å². The number of halogens is 3. The molecule has 0 atom stereocenters. The molecule has 0 amide bonds. The topological polar surface area (TPSA) is 33.6 Å². The van der Waals surface area contributed by atoms with E-state index in [2.05, 4.69) is 213 Å². The lowest BCUT2D eigenvalue weighted by Crippen LogP contribution is -2.08. The van der Waals surface area contributed by atoms with Crippen LogP contribution in [0.15, 0.2) is 224 Å². The summed E-state index contributed by atoms with van der Waals surface area (Å²) in [4.78, 5) is 0. The Bertz CT molecular complexity index is 4470. The molecule has 0 aliphatic carbocycles. The number of aromatic nitrogens is 2. The molecule has 0 bridgehead atoms. The van der Waals surface area contributed by atoms with Gasteiger partial charge in [-0.3, -0.25) is 0 Å². The quantitative estimate of drug-likeness (QED) is 0.149. The van der Waals surface area contributed by atoms with Gasteiger partial charge in [0, 0.05) is 32.7 Å². The van der Waals surface area contributed by atoms with Gasteiger partial charge in [0.15, 0.2) is 0 Å². The van der Waals surface area contributed by atoms with Crippen LogP contribution in [0, 0.1) is 45.9 Å². The Hall–Kier alpha value is -9.70. The summed E-state index contributed by atoms with van der Waals surface area (Å²) in [7, 11) is 0. The predicted octanol–water partition coefficient (Wildman–Crippen LogP) is 20.3. The van der Waals surface area contributed by atoms with Gasteiger partial charge in [-0.25, -0.2) is 0 Å². The molecule has 13 aromatic rings. The Morgan fingerprint density at radius 3 is 1.05 bits per heavy atom. The van der Waals surface area contributed by atoms with E-state index in [0.29, 0.717) is 27.8 Å². The summed E-state index contributed by atoms with van der Waals surface area (Å²) in [6.07, 6.45) is -4.62. The van der Waals surface area contributed by atoms with Crippen molar-refractivity contribution < 1.29 is 13.2 Å². The molecule has 2 aromatic heterocycles. The van der Waals surface area contributed by atoms with E-state index in [1.807, 2.05) is 36.4 Å². The molecule has 0 saturated heterocycles. The lowest BCUT2D eigenvalue weighted by atomic mass is 9.90. The number of alkyl halides is 3. The molecule has 0 aliphatic rings. The minimum atomic E-state index is -4.62. The van der Waals surface area contributed by atoms with Gasteiger partial charge >= 0.3 is 6.18 Å². The van der Waals surface area contributed by atoms with Crippen molar-refractivity contribution in [3.63, 3.8) is 0 Å². The molecule has 13 rings (SSSR count). The van der Waals surface area contributed by atoms with E-state index in [-0.39, 0.29) is 5.56 Å². The monoisotopic (exact) mass is 1030 g/mol. The molecule has 79 heavy (non-hydrogen) atoms. The Kier molecular flexibility index (Phi) is 11.8. The Morgan fingerprint density at radius 1 is 0.342 bits per heavy atom. The second-order valence-corrected chi connectivity index (χ2v) is 21.1. The van der Waals surface area contributed by atoms with Gasteiger partial charge in [-0.05, 0) is 181 Å². The number of fused-ring (bicyclic) bond motifs is 6. The summed E-state index contributed by atoms with van der Waals surface area (Å²) < 4.78 is 50.3. The molecule has 380 valence electrons. The summed E-state index contributed by atoms with van der Waals surface area (Å²) in [5, 5.41) is 14.9. The van der Waals surface area contributed by atoms with Crippen LogP contribution >= 0.6 is 0 Å². The first-order chi connectivity index (χ1) is 38.3. The highest BCUT2D eigenvalue weighted by Gasteiger charge is 2.35. The van der Waals surface area contributed by atoms with Gasteiger partial charge in [-0.2, -0.15) is 18.4 Å². The van der Waals surface area contributed by atoms with Crippen LogP contribution in [0.5, 0.6) is 0 Å². The van der Waals surface area contributed by atoms with Gasteiger partial charge in [0.1, 0.15) is 0 Å². The Morgan fingerprint density at radius 2 is 0.684 bits per heavy atom. The molecule has 0 spiro atoms. The SMILES string of the molecule is Cc1cccc(-c2ccc3c(c2)c2cc(-c4cccc(C)c4)ccc2n3-c2ccc(C#N)cc2-c2cc(-c3c(C)cccc3C(F)(F)F)ccc2-n2c3ccc(-c4cccc(C)c4)cc3c3cc(-c4cccc(C)c4)ccc32)c1. The molecule has 0 N–H and O–H groups in total. The molecule has 2 heterocycles. The van der Waals surface area contributed by atoms with Crippen molar-refractivity contribution in [1.29, 1.82) is 5.26 Å². The van der Waals surface area contributed by atoms with Gasteiger partial charge < -0.3 is 9.13 Å². The second kappa shape index (κ2) is 19.1. The zero-order chi connectivity index (χ0) is 54.3. The van der Waals surface area contributed by atoms with Gasteiger partial charge in [0.25, 0.3) is 0 Å². The van der Waals surface area contributed by atoms with Gasteiger partial charge in [0.2, 0.25) is 0 Å². The number of hydrogen-bond donors (Lipinski definition) is 0. The highest BCUT2D eigenvalue weighted by Crippen LogP contribution is 2.47. The first-order valence-corrected chi connectivity index (χ1v) is 26.6. The highest BCUT2D eigenvalue weighted by atomic mass is 19.4. The van der Waals surface area contributed by atoms with E-state index in [1.165, 1.54) is 6.07 Å². The maximum absolute atomic E-state index is 15.3. The van der Waals surface area contributed by atoms with Crippen molar-refractivity contribution in [1.82, 2.24) is 9.13 Å². The average molecular weight is 1030 g/mol. The summed E-state index contributed by atoms with van der Waals surface area (Å²) in [5.41, 5.74) is 20.7. The minimum Gasteiger partial charge on any atom is -0.309 e. The number of aryl methyl sites for hydroxylation is 5. The molecular weight excluding hydrogens is 976 g/mol. The van der Waals surface area contributed by atoms with Crippen molar-refractivity contribution in [3.05, 3.63) is 263 Å². The van der Waals surface area contributed by atoms with Crippen molar-refractivity contribution in [2.75, 3.05) is 0 Å². The molecule has 0 unspecified atom stereocenters. The first kappa shape index (κ1) is 48.9. The van der Waals surface area contributed by atoms with Crippen LogP contribution in [0.4, 0.5) is 13.2 Å². The predicted molar refractivity (Wildman–Crippen MR) is 321 cm³/mol. The molecule has 0 saturated carbocycles. The van der Waals surface area contributed by atoms with Crippen LogP contribution in [0.25, 0.3) is 122 Å². The van der Waals surface area contributed by atoms with E-state index >= 15 is 13.2 Å². The third-order valence-electron chi connectivity index (χ3n) is 15.7. The van der Waals surface area contributed by atoms with Gasteiger partial charge in [0.05, 0.1) is 50.6 Å². The molecule has 0 radical (unpaired) electrons. The zero-order valence-corrected chi connectivity index (χ0v) is 44.3. The highest BCUT2D eigenvalue weighted by molar-refractivity contribution is 6.14. The Balaban J connectivity index is 1.13. The molecule has 6 heteroatoms. The molecule has 0 fully saturated rings. The summed E-state index contributed by atoms with van der Waals surface area (Å²) >= 11 is 0. The fourth-order valence-electron chi connectivity index (χ4n) is 12.0.